The number of hydrogen-bond donors (Lipinski definition) is 1. The smallest absolute Gasteiger partial charge is 0.145 e. The molecule has 2 aromatic rings. The number of nitriles is 2. The largest absolute Gasteiger partial charge is 0.358 e. The molecule has 5 nitrogen and oxygen atoms in total. The maximum absolute atomic E-state index is 8.74. The highest BCUT2D eigenvalue weighted by molar-refractivity contribution is 5.63. The number of rotatable bonds is 3. The second-order valence-corrected chi connectivity index (χ2v) is 4.28. The lowest BCUT2D eigenvalue weighted by molar-refractivity contribution is 0.835. The lowest BCUT2D eigenvalue weighted by atomic mass is 10.2. The van der Waals surface area contributed by atoms with E-state index in [0.717, 1.165) is 22.8 Å². The lowest BCUT2D eigenvalue weighted by Crippen LogP contribution is -2.03. The van der Waals surface area contributed by atoms with E-state index in [0.29, 0.717) is 0 Å². The van der Waals surface area contributed by atoms with Crippen LogP contribution in [0.1, 0.15) is 11.4 Å². The molecule has 0 amide bonds. The third-order valence-corrected chi connectivity index (χ3v) is 2.75. The minimum Gasteiger partial charge on any atom is -0.358 e. The van der Waals surface area contributed by atoms with Crippen molar-refractivity contribution in [3.63, 3.8) is 0 Å². The Morgan fingerprint density at radius 3 is 2.55 bits per heavy atom. The first-order chi connectivity index (χ1) is 9.65. The van der Waals surface area contributed by atoms with Gasteiger partial charge in [0.1, 0.15) is 17.7 Å². The van der Waals surface area contributed by atoms with Gasteiger partial charge in [0.2, 0.25) is 0 Å². The number of nitrogens with one attached hydrogen (secondary N) is 1. The summed E-state index contributed by atoms with van der Waals surface area (Å²) in [5.41, 5.74) is 3.61. The Bertz CT molecular complexity index is 724. The number of aromatic nitrogens is 2. The minimum absolute atomic E-state index is 0.0215. The maximum atomic E-state index is 8.74. The number of anilines is 1. The quantitative estimate of drug-likeness (QED) is 0.864. The molecule has 0 radical (unpaired) electrons. The van der Waals surface area contributed by atoms with Gasteiger partial charge in [0.05, 0.1) is 17.1 Å². The first kappa shape index (κ1) is 13.4. The molecule has 5 heteroatoms. The lowest BCUT2D eigenvalue weighted by Gasteiger charge is -2.10. The first-order valence-corrected chi connectivity index (χ1v) is 6.05. The van der Waals surface area contributed by atoms with Crippen LogP contribution in [0, 0.1) is 36.5 Å². The van der Waals surface area contributed by atoms with E-state index in [1.54, 1.807) is 0 Å². The Balaban J connectivity index is 2.42. The molecule has 0 fully saturated rings. The van der Waals surface area contributed by atoms with Gasteiger partial charge in [-0.1, -0.05) is 12.1 Å². The Kier molecular flexibility index (Phi) is 3.83. The van der Waals surface area contributed by atoms with Crippen LogP contribution >= 0.6 is 0 Å². The van der Waals surface area contributed by atoms with Crippen molar-refractivity contribution < 1.29 is 0 Å². The molecule has 0 saturated heterocycles. The predicted molar refractivity (Wildman–Crippen MR) is 76.0 cm³/mol. The third-order valence-electron chi connectivity index (χ3n) is 2.75. The molecule has 98 valence electrons. The molecule has 0 atom stereocenters. The molecule has 0 aliphatic heterocycles. The molecule has 0 bridgehead atoms. The van der Waals surface area contributed by atoms with Crippen LogP contribution in [0.3, 0.4) is 0 Å². The van der Waals surface area contributed by atoms with Crippen LogP contribution < -0.4 is 5.32 Å². The average Bonchev–Trinajstić information content (AvgIpc) is 2.79. The summed E-state index contributed by atoms with van der Waals surface area (Å²) >= 11 is 0. The van der Waals surface area contributed by atoms with Gasteiger partial charge in [-0.3, -0.25) is 0 Å². The van der Waals surface area contributed by atoms with E-state index in [4.69, 9.17) is 10.5 Å². The molecule has 2 rings (SSSR count). The highest BCUT2D eigenvalue weighted by Gasteiger charge is 2.07. The zero-order chi connectivity index (χ0) is 14.5. The number of nitrogens with zero attached hydrogens (tertiary/aromatic N) is 4. The van der Waals surface area contributed by atoms with Crippen LogP contribution in [0.25, 0.3) is 5.69 Å². The van der Waals surface area contributed by atoms with E-state index >= 15 is 0 Å². The maximum Gasteiger partial charge on any atom is 0.145 e. The molecule has 20 heavy (non-hydrogen) atoms. The Hall–Kier alpha value is -3.05. The molecule has 1 aromatic heterocycles. The first-order valence-electron chi connectivity index (χ1n) is 6.05. The normalized spacial score (nSPS) is 9.40. The number of para-hydroxylation sites is 2. The Morgan fingerprint density at radius 1 is 1.25 bits per heavy atom. The van der Waals surface area contributed by atoms with E-state index < -0.39 is 0 Å². The summed E-state index contributed by atoms with van der Waals surface area (Å²) in [6.45, 7) is 3.91. The number of hydrogen-bond acceptors (Lipinski definition) is 4. The Labute approximate surface area is 117 Å². The summed E-state index contributed by atoms with van der Waals surface area (Å²) in [6, 6.07) is 13.2. The second kappa shape index (κ2) is 5.73. The van der Waals surface area contributed by atoms with E-state index in [9.17, 15) is 0 Å². The van der Waals surface area contributed by atoms with Gasteiger partial charge in [0.25, 0.3) is 0 Å². The molecule has 0 saturated carbocycles. The molecule has 0 unspecified atom stereocenters. The van der Waals surface area contributed by atoms with Crippen LogP contribution in [-0.4, -0.2) is 9.78 Å². The van der Waals surface area contributed by atoms with Crippen LogP contribution in [0.15, 0.2) is 42.1 Å². The zero-order valence-corrected chi connectivity index (χ0v) is 11.3. The van der Waals surface area contributed by atoms with Crippen molar-refractivity contribution in [3.8, 4) is 17.8 Å². The van der Waals surface area contributed by atoms with Crippen molar-refractivity contribution in [2.75, 3.05) is 5.32 Å². The van der Waals surface area contributed by atoms with Crippen molar-refractivity contribution in [2.24, 2.45) is 0 Å². The summed E-state index contributed by atoms with van der Waals surface area (Å²) in [4.78, 5) is 0. The highest BCUT2D eigenvalue weighted by atomic mass is 15.3. The summed E-state index contributed by atoms with van der Waals surface area (Å²) in [6.07, 6.45) is 1.39. The van der Waals surface area contributed by atoms with Crippen molar-refractivity contribution in [1.82, 2.24) is 9.78 Å². The third kappa shape index (κ3) is 2.68. The molecule has 1 aromatic carbocycles. The summed E-state index contributed by atoms with van der Waals surface area (Å²) in [7, 11) is 0. The van der Waals surface area contributed by atoms with Gasteiger partial charge >= 0.3 is 0 Å². The van der Waals surface area contributed by atoms with E-state index in [1.165, 1.54) is 6.20 Å². The van der Waals surface area contributed by atoms with Crippen molar-refractivity contribution in [3.05, 3.63) is 53.5 Å². The summed E-state index contributed by atoms with van der Waals surface area (Å²) in [5, 5.41) is 24.9. The fourth-order valence-corrected chi connectivity index (χ4v) is 1.89. The van der Waals surface area contributed by atoms with Crippen LogP contribution in [-0.2, 0) is 0 Å². The van der Waals surface area contributed by atoms with Crippen molar-refractivity contribution in [1.29, 1.82) is 10.5 Å². The SMILES string of the molecule is Cc1cc(C)n(-c2ccccc2NC=C(C#N)C#N)n1. The standard InChI is InChI=1S/C15H13N5/c1-11-7-12(2)20(19-11)15-6-4-3-5-14(15)18-10-13(8-16)9-17/h3-7,10,18H,1-2H3. The van der Waals surface area contributed by atoms with E-state index in [2.05, 4.69) is 10.4 Å². The summed E-state index contributed by atoms with van der Waals surface area (Å²) < 4.78 is 1.82. The topological polar surface area (TPSA) is 77.4 Å². The number of benzene rings is 1. The molecule has 0 aliphatic carbocycles. The second-order valence-electron chi connectivity index (χ2n) is 4.28. The molecular weight excluding hydrogens is 250 g/mol. The highest BCUT2D eigenvalue weighted by Crippen LogP contribution is 2.21. The van der Waals surface area contributed by atoms with Gasteiger partial charge in [-0.25, -0.2) is 4.68 Å². The average molecular weight is 263 g/mol. The number of allylic oxidation sites excluding steroid dienone is 1. The van der Waals surface area contributed by atoms with Gasteiger partial charge < -0.3 is 5.32 Å². The minimum atomic E-state index is 0.0215. The monoisotopic (exact) mass is 263 g/mol. The predicted octanol–water partition coefficient (Wildman–Crippen LogP) is 2.83. The molecule has 0 spiro atoms. The van der Waals surface area contributed by atoms with Crippen molar-refractivity contribution >= 4 is 5.69 Å². The van der Waals surface area contributed by atoms with Gasteiger partial charge in [0.15, 0.2) is 0 Å². The Morgan fingerprint density at radius 2 is 1.95 bits per heavy atom. The van der Waals surface area contributed by atoms with E-state index in [1.807, 2.05) is 61.0 Å². The fraction of sp³-hybridized carbons (Fsp3) is 0.133. The zero-order valence-electron chi connectivity index (χ0n) is 11.3. The van der Waals surface area contributed by atoms with Gasteiger partial charge in [-0.2, -0.15) is 15.6 Å². The number of aryl methyl sites for hydroxylation is 2. The van der Waals surface area contributed by atoms with Crippen LogP contribution in [0.4, 0.5) is 5.69 Å². The molecule has 1 heterocycles. The molecule has 1 N–H and O–H groups in total. The van der Waals surface area contributed by atoms with Gasteiger partial charge in [-0.05, 0) is 32.0 Å². The molecular formula is C15H13N5. The fourth-order valence-electron chi connectivity index (χ4n) is 1.89. The molecule has 0 aliphatic rings. The van der Waals surface area contributed by atoms with Gasteiger partial charge in [-0.15, -0.1) is 0 Å². The van der Waals surface area contributed by atoms with Crippen LogP contribution in [0.2, 0.25) is 0 Å². The van der Waals surface area contributed by atoms with Crippen LogP contribution in [0.5, 0.6) is 0 Å². The van der Waals surface area contributed by atoms with Crippen molar-refractivity contribution in [2.45, 2.75) is 13.8 Å². The van der Waals surface area contributed by atoms with E-state index in [-0.39, 0.29) is 5.57 Å². The van der Waals surface area contributed by atoms with Gasteiger partial charge in [0, 0.05) is 11.9 Å². The summed E-state index contributed by atoms with van der Waals surface area (Å²) in [5.74, 6) is 0.